The zero-order chi connectivity index (χ0) is 15.6. The third-order valence-electron chi connectivity index (χ3n) is 4.37. The summed E-state index contributed by atoms with van der Waals surface area (Å²) < 4.78 is 5.93. The SMILES string of the molecule is C=CCOc1ccc(-c2ccccc2)c2c1-c1ccccc1C2. The molecule has 1 heteroatoms. The lowest BCUT2D eigenvalue weighted by Crippen LogP contribution is -1.97. The lowest BCUT2D eigenvalue weighted by atomic mass is 9.95. The summed E-state index contributed by atoms with van der Waals surface area (Å²) in [5.41, 5.74) is 7.81. The van der Waals surface area contributed by atoms with E-state index in [2.05, 4.69) is 73.3 Å². The smallest absolute Gasteiger partial charge is 0.127 e. The van der Waals surface area contributed by atoms with Gasteiger partial charge in [-0.2, -0.15) is 0 Å². The molecule has 0 bridgehead atoms. The van der Waals surface area contributed by atoms with Crippen LogP contribution in [0.2, 0.25) is 0 Å². The van der Waals surface area contributed by atoms with Crippen molar-refractivity contribution in [1.82, 2.24) is 0 Å². The highest BCUT2D eigenvalue weighted by atomic mass is 16.5. The van der Waals surface area contributed by atoms with E-state index in [0.29, 0.717) is 6.61 Å². The lowest BCUT2D eigenvalue weighted by molar-refractivity contribution is 0.364. The molecule has 4 rings (SSSR count). The van der Waals surface area contributed by atoms with Crippen LogP contribution in [0.3, 0.4) is 0 Å². The van der Waals surface area contributed by atoms with Gasteiger partial charge in [0.25, 0.3) is 0 Å². The van der Waals surface area contributed by atoms with Gasteiger partial charge in [-0.15, -0.1) is 0 Å². The van der Waals surface area contributed by atoms with Gasteiger partial charge in [-0.1, -0.05) is 73.3 Å². The van der Waals surface area contributed by atoms with Crippen LogP contribution in [0.15, 0.2) is 79.4 Å². The molecule has 0 saturated heterocycles. The third-order valence-corrected chi connectivity index (χ3v) is 4.37. The third kappa shape index (κ3) is 2.35. The molecular formula is C22H18O. The highest BCUT2D eigenvalue weighted by Gasteiger charge is 2.25. The van der Waals surface area contributed by atoms with Crippen LogP contribution in [0.5, 0.6) is 5.75 Å². The van der Waals surface area contributed by atoms with Crippen LogP contribution in [0.1, 0.15) is 11.1 Å². The summed E-state index contributed by atoms with van der Waals surface area (Å²) in [4.78, 5) is 0. The largest absolute Gasteiger partial charge is 0.489 e. The normalized spacial score (nSPS) is 11.7. The summed E-state index contributed by atoms with van der Waals surface area (Å²) in [6.07, 6.45) is 2.75. The number of benzene rings is 3. The van der Waals surface area contributed by atoms with E-state index >= 15 is 0 Å². The molecule has 1 aliphatic carbocycles. The maximum Gasteiger partial charge on any atom is 0.127 e. The van der Waals surface area contributed by atoms with E-state index < -0.39 is 0 Å². The first-order valence-electron chi connectivity index (χ1n) is 7.92. The molecule has 0 saturated carbocycles. The standard InChI is InChI=1S/C22H18O/c1-2-14-23-21-13-12-18(16-8-4-3-5-9-16)20-15-17-10-6-7-11-19(17)22(20)21/h2-13H,1,14-15H2. The maximum atomic E-state index is 5.93. The molecule has 23 heavy (non-hydrogen) atoms. The van der Waals surface area contributed by atoms with Crippen LogP contribution in [0, 0.1) is 0 Å². The summed E-state index contributed by atoms with van der Waals surface area (Å²) in [5, 5.41) is 0. The van der Waals surface area contributed by atoms with Crippen molar-refractivity contribution in [2.45, 2.75) is 6.42 Å². The van der Waals surface area contributed by atoms with E-state index in [9.17, 15) is 0 Å². The van der Waals surface area contributed by atoms with Crippen molar-refractivity contribution in [2.75, 3.05) is 6.61 Å². The minimum Gasteiger partial charge on any atom is -0.489 e. The minimum atomic E-state index is 0.527. The summed E-state index contributed by atoms with van der Waals surface area (Å²) in [6, 6.07) is 23.4. The van der Waals surface area contributed by atoms with E-state index in [0.717, 1.165) is 12.2 Å². The van der Waals surface area contributed by atoms with E-state index in [1.807, 2.05) is 0 Å². The Kier molecular flexibility index (Phi) is 3.47. The van der Waals surface area contributed by atoms with Gasteiger partial charge in [-0.3, -0.25) is 0 Å². The Morgan fingerprint density at radius 1 is 0.870 bits per heavy atom. The Bertz CT molecular complexity index is 862. The predicted octanol–water partition coefficient (Wildman–Crippen LogP) is 5.49. The highest BCUT2D eigenvalue weighted by molar-refractivity contribution is 5.88. The Morgan fingerprint density at radius 2 is 1.65 bits per heavy atom. The number of fused-ring (bicyclic) bond motifs is 3. The fraction of sp³-hybridized carbons (Fsp3) is 0.0909. The molecule has 0 radical (unpaired) electrons. The molecule has 0 amide bonds. The summed E-state index contributed by atoms with van der Waals surface area (Å²) in [7, 11) is 0. The van der Waals surface area contributed by atoms with Gasteiger partial charge in [0.2, 0.25) is 0 Å². The van der Waals surface area contributed by atoms with Crippen LogP contribution in [-0.4, -0.2) is 6.61 Å². The second-order valence-corrected chi connectivity index (χ2v) is 5.76. The molecule has 0 atom stereocenters. The highest BCUT2D eigenvalue weighted by Crippen LogP contribution is 2.46. The molecular weight excluding hydrogens is 280 g/mol. The first-order chi connectivity index (χ1) is 11.4. The van der Waals surface area contributed by atoms with Gasteiger partial charge in [-0.05, 0) is 40.3 Å². The minimum absolute atomic E-state index is 0.527. The van der Waals surface area contributed by atoms with Gasteiger partial charge in [-0.25, -0.2) is 0 Å². The van der Waals surface area contributed by atoms with E-state index in [1.165, 1.54) is 33.4 Å². The first-order valence-corrected chi connectivity index (χ1v) is 7.92. The molecule has 0 N–H and O–H groups in total. The van der Waals surface area contributed by atoms with Gasteiger partial charge in [0, 0.05) is 5.56 Å². The van der Waals surface area contributed by atoms with Crippen LogP contribution in [0.4, 0.5) is 0 Å². The molecule has 0 unspecified atom stereocenters. The average Bonchev–Trinajstić information content (AvgIpc) is 3.00. The van der Waals surface area contributed by atoms with Crippen molar-refractivity contribution >= 4 is 0 Å². The van der Waals surface area contributed by atoms with Crippen molar-refractivity contribution in [2.24, 2.45) is 0 Å². The topological polar surface area (TPSA) is 9.23 Å². The summed E-state index contributed by atoms with van der Waals surface area (Å²) in [6.45, 7) is 4.28. The Morgan fingerprint density at radius 3 is 2.48 bits per heavy atom. The molecule has 0 spiro atoms. The molecule has 0 aromatic heterocycles. The monoisotopic (exact) mass is 298 g/mol. The number of hydrogen-bond donors (Lipinski definition) is 0. The number of ether oxygens (including phenoxy) is 1. The second kappa shape index (κ2) is 5.77. The predicted molar refractivity (Wildman–Crippen MR) is 95.8 cm³/mol. The van der Waals surface area contributed by atoms with E-state index in [1.54, 1.807) is 6.08 Å². The molecule has 3 aromatic carbocycles. The van der Waals surface area contributed by atoms with Crippen LogP contribution >= 0.6 is 0 Å². The number of rotatable bonds is 4. The molecule has 0 aliphatic heterocycles. The second-order valence-electron chi connectivity index (χ2n) is 5.76. The Balaban J connectivity index is 1.92. The Labute approximate surface area is 136 Å². The zero-order valence-electron chi connectivity index (χ0n) is 13.0. The van der Waals surface area contributed by atoms with E-state index in [4.69, 9.17) is 4.74 Å². The number of hydrogen-bond acceptors (Lipinski definition) is 1. The lowest BCUT2D eigenvalue weighted by Gasteiger charge is -2.14. The average molecular weight is 298 g/mol. The van der Waals surface area contributed by atoms with Crippen molar-refractivity contribution in [3.8, 4) is 28.0 Å². The molecule has 0 heterocycles. The van der Waals surface area contributed by atoms with Gasteiger partial charge in [0.05, 0.1) is 0 Å². The summed E-state index contributed by atoms with van der Waals surface area (Å²) >= 11 is 0. The van der Waals surface area contributed by atoms with Crippen LogP contribution < -0.4 is 4.74 Å². The molecule has 112 valence electrons. The van der Waals surface area contributed by atoms with Gasteiger partial charge in [0.1, 0.15) is 12.4 Å². The van der Waals surface area contributed by atoms with Crippen LogP contribution in [-0.2, 0) is 6.42 Å². The van der Waals surface area contributed by atoms with Crippen LogP contribution in [0.25, 0.3) is 22.3 Å². The molecule has 1 aliphatic rings. The molecule has 0 fully saturated rings. The van der Waals surface area contributed by atoms with E-state index in [-0.39, 0.29) is 0 Å². The van der Waals surface area contributed by atoms with Gasteiger partial charge < -0.3 is 4.74 Å². The van der Waals surface area contributed by atoms with Gasteiger partial charge >= 0.3 is 0 Å². The fourth-order valence-electron chi connectivity index (χ4n) is 3.37. The zero-order valence-corrected chi connectivity index (χ0v) is 13.0. The van der Waals surface area contributed by atoms with Crippen molar-refractivity contribution < 1.29 is 4.74 Å². The maximum absolute atomic E-state index is 5.93. The molecule has 1 nitrogen and oxygen atoms in total. The Hall–Kier alpha value is -2.80. The van der Waals surface area contributed by atoms with Crippen molar-refractivity contribution in [3.63, 3.8) is 0 Å². The van der Waals surface area contributed by atoms with Crippen molar-refractivity contribution in [3.05, 3.63) is 90.5 Å². The van der Waals surface area contributed by atoms with Gasteiger partial charge in [0.15, 0.2) is 0 Å². The van der Waals surface area contributed by atoms with Crippen molar-refractivity contribution in [1.29, 1.82) is 0 Å². The quantitative estimate of drug-likeness (QED) is 0.453. The first kappa shape index (κ1) is 13.8. The fourth-order valence-corrected chi connectivity index (χ4v) is 3.37. The molecule has 3 aromatic rings. The summed E-state index contributed by atoms with van der Waals surface area (Å²) in [5.74, 6) is 0.949.